The summed E-state index contributed by atoms with van der Waals surface area (Å²) in [4.78, 5) is 19.7. The predicted molar refractivity (Wildman–Crippen MR) is 111 cm³/mol. The van der Waals surface area contributed by atoms with Crippen LogP contribution in [0.1, 0.15) is 43.1 Å². The summed E-state index contributed by atoms with van der Waals surface area (Å²) >= 11 is 0. The fourth-order valence-electron chi connectivity index (χ4n) is 4.52. The van der Waals surface area contributed by atoms with E-state index in [9.17, 15) is 4.79 Å². The molecule has 0 spiro atoms. The lowest BCUT2D eigenvalue weighted by atomic mass is 9.92. The van der Waals surface area contributed by atoms with Gasteiger partial charge in [0.25, 0.3) is 0 Å². The minimum Gasteiger partial charge on any atom is -0.338 e. The summed E-state index contributed by atoms with van der Waals surface area (Å²) in [5.74, 6) is 0.842. The topological polar surface area (TPSA) is 76.5 Å². The van der Waals surface area contributed by atoms with Crippen LogP contribution in [-0.4, -0.2) is 44.5 Å². The number of aromatic nitrogens is 3. The molecule has 1 saturated heterocycles. The number of nitrogens with zero attached hydrogens (tertiary/aromatic N) is 4. The number of rotatable bonds is 4. The summed E-state index contributed by atoms with van der Waals surface area (Å²) in [6.07, 6.45) is 3.24. The predicted octanol–water partition coefficient (Wildman–Crippen LogP) is 3.02. The Morgan fingerprint density at radius 2 is 2.07 bits per heavy atom. The van der Waals surface area contributed by atoms with Crippen LogP contribution in [0.5, 0.6) is 0 Å². The SMILES string of the molecule is Cc1nc2c3ccccc3nn2c(C)c1CCC(=O)N1CCC(C)CC1CN. The van der Waals surface area contributed by atoms with Crippen LogP contribution in [0.25, 0.3) is 16.6 Å². The second-order valence-electron chi connectivity index (χ2n) is 8.12. The van der Waals surface area contributed by atoms with E-state index in [0.717, 1.165) is 52.9 Å². The number of fused-ring (bicyclic) bond motifs is 3. The molecule has 2 unspecified atom stereocenters. The molecule has 1 aliphatic heterocycles. The van der Waals surface area contributed by atoms with Gasteiger partial charge in [0.05, 0.1) is 5.52 Å². The Morgan fingerprint density at radius 3 is 2.86 bits per heavy atom. The van der Waals surface area contributed by atoms with E-state index in [4.69, 9.17) is 15.8 Å². The molecule has 2 aromatic heterocycles. The van der Waals surface area contributed by atoms with E-state index < -0.39 is 0 Å². The van der Waals surface area contributed by atoms with Crippen LogP contribution in [-0.2, 0) is 11.2 Å². The van der Waals surface area contributed by atoms with Crippen LogP contribution in [0.4, 0.5) is 0 Å². The zero-order valence-corrected chi connectivity index (χ0v) is 17.0. The molecule has 28 heavy (non-hydrogen) atoms. The van der Waals surface area contributed by atoms with Crippen molar-refractivity contribution in [2.45, 2.75) is 52.5 Å². The molecular weight excluding hydrogens is 350 g/mol. The number of piperidine rings is 1. The van der Waals surface area contributed by atoms with Crippen molar-refractivity contribution in [1.82, 2.24) is 19.5 Å². The number of likely N-dealkylation sites (tertiary alicyclic amines) is 1. The quantitative estimate of drug-likeness (QED) is 0.756. The summed E-state index contributed by atoms with van der Waals surface area (Å²) in [7, 11) is 0. The lowest BCUT2D eigenvalue weighted by Crippen LogP contribution is -2.49. The first-order chi connectivity index (χ1) is 13.5. The normalized spacial score (nSPS) is 20.2. The minimum atomic E-state index is 0.176. The van der Waals surface area contributed by atoms with Gasteiger partial charge in [-0.15, -0.1) is 0 Å². The number of hydrogen-bond donors (Lipinski definition) is 1. The molecule has 0 aliphatic carbocycles. The minimum absolute atomic E-state index is 0.176. The monoisotopic (exact) mass is 379 g/mol. The number of hydrogen-bond acceptors (Lipinski definition) is 4. The maximum Gasteiger partial charge on any atom is 0.223 e. The highest BCUT2D eigenvalue weighted by molar-refractivity contribution is 5.92. The lowest BCUT2D eigenvalue weighted by molar-refractivity contribution is -0.135. The number of nitrogens with two attached hydrogens (primary N) is 1. The van der Waals surface area contributed by atoms with E-state index in [-0.39, 0.29) is 11.9 Å². The first-order valence-corrected chi connectivity index (χ1v) is 10.2. The number of carbonyl (C=O) groups is 1. The molecule has 148 valence electrons. The maximum atomic E-state index is 12.9. The van der Waals surface area contributed by atoms with E-state index in [2.05, 4.69) is 19.9 Å². The van der Waals surface area contributed by atoms with E-state index >= 15 is 0 Å². The molecule has 3 aromatic rings. The van der Waals surface area contributed by atoms with Crippen molar-refractivity contribution in [2.24, 2.45) is 11.7 Å². The van der Waals surface area contributed by atoms with Gasteiger partial charge in [-0.3, -0.25) is 4.79 Å². The molecule has 2 N–H and O–H groups in total. The Hall–Kier alpha value is -2.47. The van der Waals surface area contributed by atoms with Crippen LogP contribution in [0.3, 0.4) is 0 Å². The second-order valence-corrected chi connectivity index (χ2v) is 8.12. The third-order valence-electron chi connectivity index (χ3n) is 6.18. The van der Waals surface area contributed by atoms with E-state index in [1.165, 1.54) is 0 Å². The highest BCUT2D eigenvalue weighted by Gasteiger charge is 2.28. The molecule has 6 nitrogen and oxygen atoms in total. The van der Waals surface area contributed by atoms with Gasteiger partial charge in [0, 0.05) is 42.3 Å². The standard InChI is InChI=1S/C22H29N5O/c1-14-10-11-26(17(12-14)13-23)21(28)9-8-18-15(2)24-22-19-6-4-5-7-20(19)25-27(22)16(18)3/h4-7,14,17H,8-13,23H2,1-3H3. The van der Waals surface area contributed by atoms with Gasteiger partial charge in [0.1, 0.15) is 0 Å². The molecule has 1 fully saturated rings. The summed E-state index contributed by atoms with van der Waals surface area (Å²) < 4.78 is 1.92. The Bertz CT molecular complexity index is 1020. The first kappa shape index (κ1) is 18.9. The van der Waals surface area contributed by atoms with Crippen molar-refractivity contribution in [3.8, 4) is 0 Å². The molecule has 1 amide bonds. The molecule has 2 atom stereocenters. The summed E-state index contributed by atoms with van der Waals surface area (Å²) in [5, 5.41) is 5.77. The van der Waals surface area contributed by atoms with Gasteiger partial charge in [-0.05, 0) is 56.7 Å². The molecule has 0 bridgehead atoms. The number of benzene rings is 1. The second kappa shape index (κ2) is 7.51. The summed E-state index contributed by atoms with van der Waals surface area (Å²) in [6.45, 7) is 7.70. The van der Waals surface area contributed by atoms with Gasteiger partial charge in [-0.2, -0.15) is 5.10 Å². The van der Waals surface area contributed by atoms with Crippen molar-refractivity contribution in [2.75, 3.05) is 13.1 Å². The fraction of sp³-hybridized carbons (Fsp3) is 0.500. The molecule has 1 aromatic carbocycles. The van der Waals surface area contributed by atoms with Crippen molar-refractivity contribution in [3.63, 3.8) is 0 Å². The van der Waals surface area contributed by atoms with Crippen LogP contribution >= 0.6 is 0 Å². The third-order valence-corrected chi connectivity index (χ3v) is 6.18. The Balaban J connectivity index is 1.58. The number of carbonyl (C=O) groups excluding carboxylic acids is 1. The van der Waals surface area contributed by atoms with Crippen LogP contribution in [0, 0.1) is 19.8 Å². The molecule has 6 heteroatoms. The van der Waals surface area contributed by atoms with E-state index in [1.807, 2.05) is 34.5 Å². The van der Waals surface area contributed by atoms with Crippen molar-refractivity contribution in [3.05, 3.63) is 41.2 Å². The van der Waals surface area contributed by atoms with Gasteiger partial charge in [-0.1, -0.05) is 19.1 Å². The Kier molecular flexibility index (Phi) is 5.06. The zero-order valence-electron chi connectivity index (χ0n) is 17.0. The molecule has 3 heterocycles. The smallest absolute Gasteiger partial charge is 0.223 e. The zero-order chi connectivity index (χ0) is 19.8. The average molecular weight is 380 g/mol. The lowest BCUT2D eigenvalue weighted by Gasteiger charge is -2.38. The largest absolute Gasteiger partial charge is 0.338 e. The average Bonchev–Trinajstić information content (AvgIpc) is 3.06. The van der Waals surface area contributed by atoms with Gasteiger partial charge < -0.3 is 10.6 Å². The molecule has 0 saturated carbocycles. The van der Waals surface area contributed by atoms with Gasteiger partial charge in [0.15, 0.2) is 5.65 Å². The highest BCUT2D eigenvalue weighted by atomic mass is 16.2. The molecule has 1 aliphatic rings. The van der Waals surface area contributed by atoms with E-state index in [0.29, 0.717) is 25.3 Å². The van der Waals surface area contributed by atoms with Crippen molar-refractivity contribution in [1.29, 1.82) is 0 Å². The van der Waals surface area contributed by atoms with Crippen LogP contribution < -0.4 is 5.73 Å². The first-order valence-electron chi connectivity index (χ1n) is 10.2. The van der Waals surface area contributed by atoms with Gasteiger partial charge in [0.2, 0.25) is 5.91 Å². The maximum absolute atomic E-state index is 12.9. The number of aryl methyl sites for hydroxylation is 2. The van der Waals surface area contributed by atoms with Crippen molar-refractivity contribution >= 4 is 22.5 Å². The van der Waals surface area contributed by atoms with Crippen LogP contribution in [0.15, 0.2) is 24.3 Å². The van der Waals surface area contributed by atoms with Gasteiger partial charge in [-0.25, -0.2) is 9.50 Å². The van der Waals surface area contributed by atoms with E-state index in [1.54, 1.807) is 0 Å². The Morgan fingerprint density at radius 1 is 1.29 bits per heavy atom. The molecule has 4 rings (SSSR count). The number of amides is 1. The molecular formula is C22H29N5O. The third kappa shape index (κ3) is 3.26. The highest BCUT2D eigenvalue weighted by Crippen LogP contribution is 2.25. The van der Waals surface area contributed by atoms with Crippen LogP contribution in [0.2, 0.25) is 0 Å². The summed E-state index contributed by atoms with van der Waals surface area (Å²) in [6, 6.07) is 8.24. The Labute approximate surface area is 165 Å². The fourth-order valence-corrected chi connectivity index (χ4v) is 4.52. The molecule has 0 radical (unpaired) electrons. The van der Waals surface area contributed by atoms with Gasteiger partial charge >= 0.3 is 0 Å². The van der Waals surface area contributed by atoms with Crippen molar-refractivity contribution < 1.29 is 4.79 Å². The summed E-state index contributed by atoms with van der Waals surface area (Å²) in [5.41, 5.74) is 10.9.